The minimum Gasteiger partial charge on any atom is -0.481 e. The Bertz CT molecular complexity index is 600. The van der Waals surface area contributed by atoms with Crippen LogP contribution >= 0.6 is 0 Å². The first-order chi connectivity index (χ1) is 9.59. The van der Waals surface area contributed by atoms with Gasteiger partial charge in [0.2, 0.25) is 5.91 Å². The van der Waals surface area contributed by atoms with E-state index in [-0.39, 0.29) is 23.6 Å². The van der Waals surface area contributed by atoms with E-state index >= 15 is 0 Å². The molecule has 1 aromatic carbocycles. The molecule has 1 amide bonds. The van der Waals surface area contributed by atoms with Gasteiger partial charge >= 0.3 is 12.3 Å². The molecule has 0 bridgehead atoms. The molecule has 0 saturated heterocycles. The topological polar surface area (TPSA) is 84.9 Å². The van der Waals surface area contributed by atoms with Crippen molar-refractivity contribution >= 4 is 17.6 Å². The first kappa shape index (κ1) is 15.0. The summed E-state index contributed by atoms with van der Waals surface area (Å²) >= 11 is 0. The van der Waals surface area contributed by atoms with Crippen LogP contribution in [0.3, 0.4) is 0 Å². The second kappa shape index (κ2) is 4.87. The third-order valence-electron chi connectivity index (χ3n) is 2.87. The fourth-order valence-corrected chi connectivity index (χ4v) is 1.71. The van der Waals surface area contributed by atoms with Gasteiger partial charge in [-0.2, -0.15) is 0 Å². The molecule has 0 fully saturated rings. The summed E-state index contributed by atoms with van der Waals surface area (Å²) in [4.78, 5) is 22.7. The highest BCUT2D eigenvalue weighted by molar-refractivity contribution is 5.94. The molecule has 1 heterocycles. The van der Waals surface area contributed by atoms with E-state index < -0.39 is 23.6 Å². The Kier molecular flexibility index (Phi) is 3.48. The number of halogens is 2. The number of carboxylic acids is 1. The Labute approximate surface area is 118 Å². The number of benzene rings is 1. The quantitative estimate of drug-likeness (QED) is 0.892. The monoisotopic (exact) mass is 301 g/mol. The van der Waals surface area contributed by atoms with Gasteiger partial charge < -0.3 is 19.9 Å². The number of hydrogen-bond donors (Lipinski definition) is 2. The molecule has 0 unspecified atom stereocenters. The van der Waals surface area contributed by atoms with Crippen molar-refractivity contribution in [3.8, 4) is 11.5 Å². The minimum absolute atomic E-state index is 0.135. The zero-order valence-electron chi connectivity index (χ0n) is 11.3. The summed E-state index contributed by atoms with van der Waals surface area (Å²) in [6, 6.07) is 3.77. The average Bonchev–Trinajstić information content (AvgIpc) is 2.61. The fourth-order valence-electron chi connectivity index (χ4n) is 1.71. The van der Waals surface area contributed by atoms with Gasteiger partial charge in [0.25, 0.3) is 0 Å². The van der Waals surface area contributed by atoms with Gasteiger partial charge in [0, 0.05) is 18.2 Å². The maximum atomic E-state index is 12.8. The summed E-state index contributed by atoms with van der Waals surface area (Å²) in [7, 11) is 0. The largest absolute Gasteiger partial charge is 0.586 e. The molecule has 1 aromatic rings. The lowest BCUT2D eigenvalue weighted by atomic mass is 9.89. The van der Waals surface area contributed by atoms with Crippen molar-refractivity contribution in [2.45, 2.75) is 26.6 Å². The summed E-state index contributed by atoms with van der Waals surface area (Å²) in [6.07, 6.45) is -3.98. The van der Waals surface area contributed by atoms with Crippen molar-refractivity contribution in [3.05, 3.63) is 18.2 Å². The van der Waals surface area contributed by atoms with Gasteiger partial charge in [-0.25, -0.2) is 0 Å². The molecule has 0 spiro atoms. The van der Waals surface area contributed by atoms with Crippen LogP contribution in [-0.2, 0) is 9.59 Å². The van der Waals surface area contributed by atoms with Crippen LogP contribution in [0.25, 0.3) is 0 Å². The summed E-state index contributed by atoms with van der Waals surface area (Å²) in [5.41, 5.74) is -1.02. The molecule has 0 aliphatic carbocycles. The molecule has 0 saturated carbocycles. The van der Waals surface area contributed by atoms with Gasteiger partial charge in [-0.1, -0.05) is 0 Å². The van der Waals surface area contributed by atoms with Crippen LogP contribution in [0.1, 0.15) is 20.3 Å². The van der Waals surface area contributed by atoms with E-state index in [0.29, 0.717) is 0 Å². The van der Waals surface area contributed by atoms with Crippen LogP contribution in [0.15, 0.2) is 18.2 Å². The lowest BCUT2D eigenvalue weighted by Crippen LogP contribution is -2.29. The number of carboxylic acid groups (broad SMARTS) is 1. The van der Waals surface area contributed by atoms with Crippen molar-refractivity contribution in [2.75, 3.05) is 5.32 Å². The van der Waals surface area contributed by atoms with Crippen LogP contribution in [0.5, 0.6) is 11.5 Å². The molecular formula is C13H13F2NO5. The van der Waals surface area contributed by atoms with Crippen molar-refractivity contribution < 1.29 is 33.0 Å². The Hall–Kier alpha value is -2.38. The third kappa shape index (κ3) is 3.39. The Morgan fingerprint density at radius 3 is 2.52 bits per heavy atom. The summed E-state index contributed by atoms with van der Waals surface area (Å²) in [5.74, 6) is -1.99. The van der Waals surface area contributed by atoms with Gasteiger partial charge in [0.1, 0.15) is 0 Å². The standard InChI is InChI=1S/C13H13F2NO5/c1-12(2,11(18)19)6-10(17)16-7-3-4-8-9(5-7)21-13(14,15)20-8/h3-5H,6H2,1-2H3,(H,16,17)(H,18,19). The molecule has 21 heavy (non-hydrogen) atoms. The number of ether oxygens (including phenoxy) is 2. The van der Waals surface area contributed by atoms with E-state index in [9.17, 15) is 18.4 Å². The highest BCUT2D eigenvalue weighted by atomic mass is 19.3. The second-order valence-electron chi connectivity index (χ2n) is 5.24. The zero-order valence-corrected chi connectivity index (χ0v) is 11.3. The number of carbonyl (C=O) groups excluding carboxylic acids is 1. The molecule has 1 aliphatic heterocycles. The Morgan fingerprint density at radius 2 is 1.90 bits per heavy atom. The van der Waals surface area contributed by atoms with Crippen molar-refractivity contribution in [3.63, 3.8) is 0 Å². The highest BCUT2D eigenvalue weighted by Gasteiger charge is 2.43. The molecule has 0 radical (unpaired) electrons. The number of alkyl halides is 2. The van der Waals surface area contributed by atoms with E-state index in [4.69, 9.17) is 5.11 Å². The van der Waals surface area contributed by atoms with E-state index in [0.717, 1.165) is 0 Å². The molecule has 2 rings (SSSR count). The Morgan fingerprint density at radius 1 is 1.29 bits per heavy atom. The second-order valence-corrected chi connectivity index (χ2v) is 5.24. The number of hydrogen-bond acceptors (Lipinski definition) is 4. The van der Waals surface area contributed by atoms with Crippen molar-refractivity contribution in [2.24, 2.45) is 5.41 Å². The van der Waals surface area contributed by atoms with Gasteiger partial charge in [-0.3, -0.25) is 9.59 Å². The van der Waals surface area contributed by atoms with E-state index in [2.05, 4.69) is 14.8 Å². The first-order valence-electron chi connectivity index (χ1n) is 6.02. The van der Waals surface area contributed by atoms with Crippen molar-refractivity contribution in [1.82, 2.24) is 0 Å². The van der Waals surface area contributed by atoms with Gasteiger partial charge in [0.15, 0.2) is 11.5 Å². The lowest BCUT2D eigenvalue weighted by Gasteiger charge is -2.18. The zero-order chi connectivity index (χ0) is 15.8. The van der Waals surface area contributed by atoms with Crippen LogP contribution in [0.2, 0.25) is 0 Å². The van der Waals surface area contributed by atoms with Gasteiger partial charge in [0.05, 0.1) is 5.41 Å². The molecule has 0 atom stereocenters. The molecule has 6 nitrogen and oxygen atoms in total. The third-order valence-corrected chi connectivity index (χ3v) is 2.87. The molecule has 1 aliphatic rings. The van der Waals surface area contributed by atoms with Crippen LogP contribution in [0.4, 0.5) is 14.5 Å². The Balaban J connectivity index is 2.05. The normalized spacial score (nSPS) is 15.6. The minimum atomic E-state index is -3.73. The van der Waals surface area contributed by atoms with Crippen LogP contribution in [-0.4, -0.2) is 23.3 Å². The summed E-state index contributed by atoms with van der Waals surface area (Å²) in [5, 5.41) is 11.4. The van der Waals surface area contributed by atoms with E-state index in [1.807, 2.05) is 0 Å². The molecule has 2 N–H and O–H groups in total. The molecule has 8 heteroatoms. The predicted molar refractivity (Wildman–Crippen MR) is 67.3 cm³/mol. The summed E-state index contributed by atoms with van der Waals surface area (Å²) in [6.45, 7) is 2.82. The van der Waals surface area contributed by atoms with E-state index in [1.54, 1.807) is 0 Å². The number of fused-ring (bicyclic) bond motifs is 1. The van der Waals surface area contributed by atoms with E-state index in [1.165, 1.54) is 32.0 Å². The predicted octanol–water partition coefficient (Wildman–Crippen LogP) is 2.45. The maximum Gasteiger partial charge on any atom is 0.586 e. The number of aliphatic carboxylic acids is 1. The first-order valence-corrected chi connectivity index (χ1v) is 6.02. The van der Waals surface area contributed by atoms with Gasteiger partial charge in [-0.05, 0) is 26.0 Å². The number of carbonyl (C=O) groups is 2. The number of amides is 1. The number of nitrogens with one attached hydrogen (secondary N) is 1. The molecule has 0 aromatic heterocycles. The SMILES string of the molecule is CC(C)(CC(=O)Nc1ccc2c(c1)OC(F)(F)O2)C(=O)O. The maximum absolute atomic E-state index is 12.8. The fraction of sp³-hybridized carbons (Fsp3) is 0.385. The lowest BCUT2D eigenvalue weighted by molar-refractivity contribution is -0.286. The average molecular weight is 301 g/mol. The molecular weight excluding hydrogens is 288 g/mol. The number of rotatable bonds is 4. The number of anilines is 1. The highest BCUT2D eigenvalue weighted by Crippen LogP contribution is 2.42. The smallest absolute Gasteiger partial charge is 0.481 e. The van der Waals surface area contributed by atoms with Crippen LogP contribution in [0, 0.1) is 5.41 Å². The molecule has 114 valence electrons. The van der Waals surface area contributed by atoms with Crippen LogP contribution < -0.4 is 14.8 Å². The van der Waals surface area contributed by atoms with Crippen molar-refractivity contribution in [1.29, 1.82) is 0 Å². The van der Waals surface area contributed by atoms with Gasteiger partial charge in [-0.15, -0.1) is 8.78 Å². The summed E-state index contributed by atoms with van der Waals surface area (Å²) < 4.78 is 34.2.